The van der Waals surface area contributed by atoms with Crippen LogP contribution < -0.4 is 0 Å². The highest BCUT2D eigenvalue weighted by atomic mass is 32.2. The van der Waals surface area contributed by atoms with Crippen molar-refractivity contribution in [2.45, 2.75) is 18.7 Å². The molecule has 1 aliphatic heterocycles. The molecule has 1 fully saturated rings. The maximum absolute atomic E-state index is 13.8. The van der Waals surface area contributed by atoms with Crippen LogP contribution in [0.1, 0.15) is 13.8 Å². The number of rotatable bonds is 6. The predicted octanol–water partition coefficient (Wildman–Crippen LogP) is 1.00. The molecule has 1 amide bonds. The number of piperazine rings is 1. The third-order valence-corrected chi connectivity index (χ3v) is 6.19. The average molecular weight is 357 g/mol. The number of likely N-dealkylation sites (N-methyl/N-ethyl adjacent to an activating group) is 1. The second kappa shape index (κ2) is 8.04. The third kappa shape index (κ3) is 4.12. The minimum Gasteiger partial charge on any atom is -0.342 e. The summed E-state index contributed by atoms with van der Waals surface area (Å²) in [6, 6.07) is 5.40. The van der Waals surface area contributed by atoms with E-state index in [9.17, 15) is 17.6 Å². The van der Waals surface area contributed by atoms with Gasteiger partial charge in [-0.25, -0.2) is 12.8 Å². The Morgan fingerprint density at radius 3 is 2.25 bits per heavy atom. The Kier molecular flexibility index (Phi) is 6.31. The van der Waals surface area contributed by atoms with Crippen LogP contribution in [-0.2, 0) is 14.8 Å². The van der Waals surface area contributed by atoms with E-state index >= 15 is 0 Å². The number of benzene rings is 1. The summed E-state index contributed by atoms with van der Waals surface area (Å²) in [7, 11) is -3.83. The van der Waals surface area contributed by atoms with Gasteiger partial charge in [0.15, 0.2) is 0 Å². The molecule has 0 aliphatic carbocycles. The van der Waals surface area contributed by atoms with Crippen molar-refractivity contribution >= 4 is 15.9 Å². The van der Waals surface area contributed by atoms with Gasteiger partial charge < -0.3 is 4.90 Å². The summed E-state index contributed by atoms with van der Waals surface area (Å²) < 4.78 is 40.1. The molecule has 0 aromatic heterocycles. The van der Waals surface area contributed by atoms with Crippen LogP contribution in [0.5, 0.6) is 0 Å². The van der Waals surface area contributed by atoms with Gasteiger partial charge in [0.1, 0.15) is 10.7 Å². The number of carbonyl (C=O) groups excluding carboxylic acids is 1. The molecule has 0 atom stereocenters. The number of hydrogen-bond donors (Lipinski definition) is 0. The molecule has 8 heteroatoms. The molecule has 0 bridgehead atoms. The highest BCUT2D eigenvalue weighted by molar-refractivity contribution is 7.89. The monoisotopic (exact) mass is 357 g/mol. The van der Waals surface area contributed by atoms with Gasteiger partial charge in [0.05, 0.1) is 6.54 Å². The second-order valence-electron chi connectivity index (χ2n) is 5.68. The zero-order chi connectivity index (χ0) is 17.7. The van der Waals surface area contributed by atoms with E-state index in [1.165, 1.54) is 22.5 Å². The molecule has 0 unspecified atom stereocenters. The first-order chi connectivity index (χ1) is 11.4. The highest BCUT2D eigenvalue weighted by Crippen LogP contribution is 2.20. The molecule has 1 heterocycles. The zero-order valence-electron chi connectivity index (χ0n) is 14.1. The highest BCUT2D eigenvalue weighted by Gasteiger charge is 2.31. The quantitative estimate of drug-likeness (QED) is 0.762. The molecule has 1 aromatic carbocycles. The van der Waals surface area contributed by atoms with Gasteiger partial charge in [0.2, 0.25) is 15.9 Å². The summed E-state index contributed by atoms with van der Waals surface area (Å²) >= 11 is 0. The lowest BCUT2D eigenvalue weighted by molar-refractivity contribution is -0.132. The molecule has 134 valence electrons. The molecule has 0 radical (unpaired) electrons. The fourth-order valence-corrected chi connectivity index (χ4v) is 4.28. The number of carbonyl (C=O) groups is 1. The van der Waals surface area contributed by atoms with E-state index in [1.807, 2.05) is 18.7 Å². The first kappa shape index (κ1) is 18.8. The van der Waals surface area contributed by atoms with E-state index in [1.54, 1.807) is 4.90 Å². The first-order valence-corrected chi connectivity index (χ1v) is 9.59. The maximum atomic E-state index is 13.8. The van der Waals surface area contributed by atoms with Gasteiger partial charge in [0.25, 0.3) is 0 Å². The fraction of sp³-hybridized carbons (Fsp3) is 0.562. The zero-order valence-corrected chi connectivity index (χ0v) is 14.9. The molecule has 1 saturated heterocycles. The van der Waals surface area contributed by atoms with Crippen molar-refractivity contribution in [1.29, 1.82) is 0 Å². The summed E-state index contributed by atoms with van der Waals surface area (Å²) in [6.07, 6.45) is 0. The molecule has 6 nitrogen and oxygen atoms in total. The van der Waals surface area contributed by atoms with Crippen LogP contribution in [0.2, 0.25) is 0 Å². The van der Waals surface area contributed by atoms with E-state index in [0.29, 0.717) is 26.2 Å². The molecule has 2 rings (SSSR count). The van der Waals surface area contributed by atoms with Crippen molar-refractivity contribution in [1.82, 2.24) is 14.1 Å². The van der Waals surface area contributed by atoms with Crippen LogP contribution in [0, 0.1) is 5.82 Å². The molecule has 24 heavy (non-hydrogen) atoms. The minimum atomic E-state index is -3.83. The Labute approximate surface area is 142 Å². The van der Waals surface area contributed by atoms with E-state index in [0.717, 1.165) is 6.07 Å². The van der Waals surface area contributed by atoms with Crippen LogP contribution in [0.4, 0.5) is 4.39 Å². The van der Waals surface area contributed by atoms with Gasteiger partial charge in [-0.05, 0) is 26.0 Å². The van der Waals surface area contributed by atoms with Crippen molar-refractivity contribution in [2.75, 3.05) is 45.8 Å². The molecule has 1 aromatic rings. The fourth-order valence-electron chi connectivity index (χ4n) is 2.79. The lowest BCUT2D eigenvalue weighted by atomic mass is 10.3. The SMILES string of the molecule is CCN(CC)C(=O)CN1CCN(S(=O)(=O)c2ccccc2F)CC1. The summed E-state index contributed by atoms with van der Waals surface area (Å²) in [6.45, 7) is 6.90. The first-order valence-electron chi connectivity index (χ1n) is 8.15. The van der Waals surface area contributed by atoms with E-state index in [4.69, 9.17) is 0 Å². The average Bonchev–Trinajstić information content (AvgIpc) is 2.56. The Morgan fingerprint density at radius 2 is 1.71 bits per heavy atom. The molecule has 0 saturated carbocycles. The van der Waals surface area contributed by atoms with Gasteiger partial charge >= 0.3 is 0 Å². The largest absolute Gasteiger partial charge is 0.342 e. The number of sulfonamides is 1. The summed E-state index contributed by atoms with van der Waals surface area (Å²) in [5.41, 5.74) is 0. The summed E-state index contributed by atoms with van der Waals surface area (Å²) in [5, 5.41) is 0. The van der Waals surface area contributed by atoms with Crippen LogP contribution in [0.3, 0.4) is 0 Å². The van der Waals surface area contributed by atoms with Crippen LogP contribution in [0.25, 0.3) is 0 Å². The van der Waals surface area contributed by atoms with E-state index < -0.39 is 15.8 Å². The van der Waals surface area contributed by atoms with E-state index in [-0.39, 0.29) is 30.4 Å². The Morgan fingerprint density at radius 1 is 1.12 bits per heavy atom. The summed E-state index contributed by atoms with van der Waals surface area (Å²) in [4.78, 5) is 15.5. The van der Waals surface area contributed by atoms with Crippen molar-refractivity contribution in [3.63, 3.8) is 0 Å². The lowest BCUT2D eigenvalue weighted by Gasteiger charge is -2.34. The number of amides is 1. The maximum Gasteiger partial charge on any atom is 0.246 e. The number of halogens is 1. The third-order valence-electron chi connectivity index (χ3n) is 4.26. The Bertz CT molecular complexity index is 669. The Balaban J connectivity index is 1.98. The van der Waals surface area contributed by atoms with Crippen LogP contribution in [0.15, 0.2) is 29.2 Å². The molecular formula is C16H24FN3O3S. The van der Waals surface area contributed by atoms with E-state index in [2.05, 4.69) is 0 Å². The minimum absolute atomic E-state index is 0.0467. The van der Waals surface area contributed by atoms with Crippen molar-refractivity contribution in [2.24, 2.45) is 0 Å². The smallest absolute Gasteiger partial charge is 0.246 e. The van der Waals surface area contributed by atoms with Crippen LogP contribution >= 0.6 is 0 Å². The van der Waals surface area contributed by atoms with Crippen LogP contribution in [-0.4, -0.2) is 74.2 Å². The van der Waals surface area contributed by atoms with Gasteiger partial charge in [-0.2, -0.15) is 4.31 Å². The predicted molar refractivity (Wildman–Crippen MR) is 89.5 cm³/mol. The van der Waals surface area contributed by atoms with Crippen molar-refractivity contribution in [3.05, 3.63) is 30.1 Å². The summed E-state index contributed by atoms with van der Waals surface area (Å²) in [5.74, 6) is -0.693. The van der Waals surface area contributed by atoms with Gasteiger partial charge in [0, 0.05) is 39.3 Å². The second-order valence-corrected chi connectivity index (χ2v) is 7.58. The Hall–Kier alpha value is -1.51. The van der Waals surface area contributed by atoms with Gasteiger partial charge in [-0.3, -0.25) is 9.69 Å². The van der Waals surface area contributed by atoms with Crippen molar-refractivity contribution in [3.8, 4) is 0 Å². The van der Waals surface area contributed by atoms with Crippen molar-refractivity contribution < 1.29 is 17.6 Å². The molecule has 0 N–H and O–H groups in total. The normalized spacial score (nSPS) is 17.0. The standard InChI is InChI=1S/C16H24FN3O3S/c1-3-19(4-2)16(21)13-18-9-11-20(12-10-18)24(22,23)15-8-6-5-7-14(15)17/h5-8H,3-4,9-13H2,1-2H3. The molecule has 1 aliphatic rings. The molecular weight excluding hydrogens is 333 g/mol. The van der Waals surface area contributed by atoms with Gasteiger partial charge in [-0.1, -0.05) is 12.1 Å². The molecule has 0 spiro atoms. The lowest BCUT2D eigenvalue weighted by Crippen LogP contribution is -2.51. The number of hydrogen-bond acceptors (Lipinski definition) is 4. The number of nitrogens with zero attached hydrogens (tertiary/aromatic N) is 3. The van der Waals surface area contributed by atoms with Gasteiger partial charge in [-0.15, -0.1) is 0 Å². The topological polar surface area (TPSA) is 60.9 Å².